The zero-order valence-corrected chi connectivity index (χ0v) is 20.5. The third kappa shape index (κ3) is 4.22. The molecule has 11 heteroatoms. The molecule has 2 fully saturated rings. The second-order valence-corrected chi connectivity index (χ2v) is 10.5. The van der Waals surface area contributed by atoms with Gasteiger partial charge in [0.2, 0.25) is 11.8 Å². The minimum Gasteiger partial charge on any atom is -0.446 e. The van der Waals surface area contributed by atoms with Crippen molar-refractivity contribution >= 4 is 45.4 Å². The molecule has 4 amide bonds. The van der Waals surface area contributed by atoms with Gasteiger partial charge >= 0.3 is 6.09 Å². The predicted molar refractivity (Wildman–Crippen MR) is 131 cm³/mol. The van der Waals surface area contributed by atoms with Gasteiger partial charge in [-0.05, 0) is 42.4 Å². The Morgan fingerprint density at radius 3 is 2.86 bits per heavy atom. The molecule has 1 aromatic heterocycles. The van der Waals surface area contributed by atoms with E-state index in [1.54, 1.807) is 17.4 Å². The van der Waals surface area contributed by atoms with Crippen molar-refractivity contribution in [1.29, 1.82) is 0 Å². The van der Waals surface area contributed by atoms with Crippen molar-refractivity contribution in [2.75, 3.05) is 0 Å². The molecular formula is C26H23FN4O5S. The van der Waals surface area contributed by atoms with Crippen molar-refractivity contribution in [3.8, 4) is 0 Å². The maximum atomic E-state index is 15.3. The fraction of sp³-hybridized carbons (Fsp3) is 0.346. The summed E-state index contributed by atoms with van der Waals surface area (Å²) in [5.74, 6) is -1.98. The molecule has 3 heterocycles. The van der Waals surface area contributed by atoms with Gasteiger partial charge in [-0.25, -0.2) is 14.2 Å². The number of hydrogen-bond acceptors (Lipinski definition) is 7. The summed E-state index contributed by atoms with van der Waals surface area (Å²) in [6.07, 6.45) is 0.842. The first-order chi connectivity index (χ1) is 17.9. The molecule has 0 spiro atoms. The van der Waals surface area contributed by atoms with Gasteiger partial charge in [0.25, 0.3) is 5.91 Å². The third-order valence-corrected chi connectivity index (χ3v) is 8.13. The SMILES string of the molecule is O=C1CC[C@H](N2Cc3ccc(CNC(=O)OC4CC(c5cccc6scnc56)C4)c(F)c3C2=O)C(=O)N1. The predicted octanol–water partition coefficient (Wildman–Crippen LogP) is 3.37. The van der Waals surface area contributed by atoms with E-state index in [2.05, 4.69) is 21.7 Å². The molecule has 1 atom stereocenters. The van der Waals surface area contributed by atoms with E-state index in [-0.39, 0.29) is 55.0 Å². The number of carbonyl (C=O) groups excluding carboxylic acids is 4. The van der Waals surface area contributed by atoms with E-state index < -0.39 is 29.8 Å². The monoisotopic (exact) mass is 522 g/mol. The molecule has 2 aromatic carbocycles. The lowest BCUT2D eigenvalue weighted by atomic mass is 9.77. The molecule has 37 heavy (non-hydrogen) atoms. The van der Waals surface area contributed by atoms with Crippen LogP contribution < -0.4 is 10.6 Å². The molecule has 2 aliphatic heterocycles. The normalized spacial score (nSPS) is 23.0. The maximum Gasteiger partial charge on any atom is 0.407 e. The van der Waals surface area contributed by atoms with Crippen molar-refractivity contribution in [2.24, 2.45) is 0 Å². The average Bonchev–Trinajstić information content (AvgIpc) is 3.46. The summed E-state index contributed by atoms with van der Waals surface area (Å²) < 4.78 is 21.9. The number of hydrogen-bond donors (Lipinski definition) is 2. The molecule has 3 aliphatic rings. The van der Waals surface area contributed by atoms with Gasteiger partial charge in [0.05, 0.1) is 21.3 Å². The second-order valence-electron chi connectivity index (χ2n) is 9.57. The molecule has 1 aliphatic carbocycles. The number of piperidine rings is 1. The first-order valence-electron chi connectivity index (χ1n) is 12.1. The largest absolute Gasteiger partial charge is 0.446 e. The highest BCUT2D eigenvalue weighted by Gasteiger charge is 2.41. The van der Waals surface area contributed by atoms with E-state index in [9.17, 15) is 19.2 Å². The number of para-hydroxylation sites is 1. The Balaban J connectivity index is 1.04. The van der Waals surface area contributed by atoms with Crippen LogP contribution in [0.15, 0.2) is 35.8 Å². The Hall–Kier alpha value is -3.86. The fourth-order valence-electron chi connectivity index (χ4n) is 5.30. The number of nitrogens with zero attached hydrogens (tertiary/aromatic N) is 2. The summed E-state index contributed by atoms with van der Waals surface area (Å²) in [6, 6.07) is 8.43. The number of alkyl carbamates (subject to hydrolysis) is 1. The summed E-state index contributed by atoms with van der Waals surface area (Å²) in [4.78, 5) is 54.7. The smallest absolute Gasteiger partial charge is 0.407 e. The number of thiazole rings is 1. The fourth-order valence-corrected chi connectivity index (χ4v) is 6.01. The van der Waals surface area contributed by atoms with Crippen LogP contribution in [-0.2, 0) is 27.4 Å². The van der Waals surface area contributed by atoms with Gasteiger partial charge in [0.15, 0.2) is 0 Å². The molecule has 0 bridgehead atoms. The topological polar surface area (TPSA) is 118 Å². The van der Waals surface area contributed by atoms with Crippen LogP contribution in [0.4, 0.5) is 9.18 Å². The summed E-state index contributed by atoms with van der Waals surface area (Å²) in [7, 11) is 0. The van der Waals surface area contributed by atoms with Crippen molar-refractivity contribution in [1.82, 2.24) is 20.5 Å². The van der Waals surface area contributed by atoms with Gasteiger partial charge in [-0.15, -0.1) is 11.3 Å². The summed E-state index contributed by atoms with van der Waals surface area (Å²) >= 11 is 1.59. The number of halogens is 1. The number of rotatable bonds is 5. The first-order valence-corrected chi connectivity index (χ1v) is 13.0. The zero-order chi connectivity index (χ0) is 25.7. The Morgan fingerprint density at radius 2 is 2.05 bits per heavy atom. The highest BCUT2D eigenvalue weighted by molar-refractivity contribution is 7.16. The molecule has 9 nitrogen and oxygen atoms in total. The van der Waals surface area contributed by atoms with E-state index in [0.29, 0.717) is 18.4 Å². The van der Waals surface area contributed by atoms with E-state index in [1.165, 1.54) is 11.0 Å². The second kappa shape index (κ2) is 9.22. The van der Waals surface area contributed by atoms with Crippen molar-refractivity contribution in [2.45, 2.75) is 56.8 Å². The van der Waals surface area contributed by atoms with E-state index in [1.807, 2.05) is 17.6 Å². The van der Waals surface area contributed by atoms with Crippen LogP contribution in [0.1, 0.15) is 58.6 Å². The Morgan fingerprint density at radius 1 is 1.22 bits per heavy atom. The molecule has 3 aromatic rings. The number of imide groups is 1. The standard InChI is InChI=1S/C26H23FN4O5S/c27-22-13(4-5-14-11-31(25(34)21(14)22)18-6-7-20(32)30-24(18)33)10-28-26(35)36-16-8-15(9-16)17-2-1-3-19-23(17)29-12-37-19/h1-5,12,15-16,18H,6-11H2,(H,28,35)(H,30,32,33)/t15?,16?,18-/m0/s1. The van der Waals surface area contributed by atoms with Crippen LogP contribution in [0.25, 0.3) is 10.2 Å². The lowest BCUT2D eigenvalue weighted by Gasteiger charge is -2.35. The molecular weight excluding hydrogens is 499 g/mol. The Kier molecular flexibility index (Phi) is 5.86. The lowest BCUT2D eigenvalue weighted by Crippen LogP contribution is -2.52. The summed E-state index contributed by atoms with van der Waals surface area (Å²) in [6.45, 7) is -0.0531. The van der Waals surface area contributed by atoms with Crippen LogP contribution in [0.3, 0.4) is 0 Å². The molecule has 2 N–H and O–H groups in total. The van der Waals surface area contributed by atoms with Gasteiger partial charge in [-0.1, -0.05) is 24.3 Å². The van der Waals surface area contributed by atoms with Gasteiger partial charge in [-0.2, -0.15) is 0 Å². The number of ether oxygens (including phenoxy) is 1. The molecule has 1 saturated heterocycles. The number of carbonyl (C=O) groups is 4. The summed E-state index contributed by atoms with van der Waals surface area (Å²) in [5.41, 5.74) is 4.50. The van der Waals surface area contributed by atoms with E-state index >= 15 is 4.39 Å². The molecule has 0 unspecified atom stereocenters. The van der Waals surface area contributed by atoms with Gasteiger partial charge in [-0.3, -0.25) is 19.7 Å². The Bertz CT molecular complexity index is 1450. The molecule has 0 radical (unpaired) electrons. The van der Waals surface area contributed by atoms with Gasteiger partial charge < -0.3 is 15.0 Å². The first kappa shape index (κ1) is 23.5. The van der Waals surface area contributed by atoms with Crippen LogP contribution in [-0.4, -0.2) is 45.8 Å². The van der Waals surface area contributed by atoms with E-state index in [4.69, 9.17) is 4.74 Å². The minimum atomic E-state index is -0.817. The number of aromatic nitrogens is 1. The van der Waals surface area contributed by atoms with Crippen LogP contribution >= 0.6 is 11.3 Å². The van der Waals surface area contributed by atoms with Gasteiger partial charge in [0, 0.05) is 25.1 Å². The number of nitrogens with one attached hydrogen (secondary N) is 2. The lowest BCUT2D eigenvalue weighted by molar-refractivity contribution is -0.136. The highest BCUT2D eigenvalue weighted by atomic mass is 32.1. The molecule has 190 valence electrons. The van der Waals surface area contributed by atoms with Crippen LogP contribution in [0, 0.1) is 5.82 Å². The van der Waals surface area contributed by atoms with Crippen molar-refractivity contribution in [3.63, 3.8) is 0 Å². The summed E-state index contributed by atoms with van der Waals surface area (Å²) in [5, 5.41) is 4.80. The highest BCUT2D eigenvalue weighted by Crippen LogP contribution is 2.41. The Labute approximate surface area is 215 Å². The number of benzene rings is 2. The zero-order valence-electron chi connectivity index (χ0n) is 19.7. The van der Waals surface area contributed by atoms with Crippen molar-refractivity contribution in [3.05, 3.63) is 63.9 Å². The quantitative estimate of drug-likeness (QED) is 0.496. The molecule has 6 rings (SSSR count). The maximum absolute atomic E-state index is 15.3. The van der Waals surface area contributed by atoms with E-state index in [0.717, 1.165) is 15.8 Å². The van der Waals surface area contributed by atoms with Crippen LogP contribution in [0.2, 0.25) is 0 Å². The van der Waals surface area contributed by atoms with Gasteiger partial charge in [0.1, 0.15) is 18.0 Å². The van der Waals surface area contributed by atoms with Crippen LogP contribution in [0.5, 0.6) is 0 Å². The number of amides is 4. The minimum absolute atomic E-state index is 0.0879. The van der Waals surface area contributed by atoms with Crippen molar-refractivity contribution < 1.29 is 28.3 Å². The third-order valence-electron chi connectivity index (χ3n) is 7.33. The molecule has 1 saturated carbocycles. The average molecular weight is 523 g/mol. The number of fused-ring (bicyclic) bond motifs is 2.